The van der Waals surface area contributed by atoms with Gasteiger partial charge in [-0.3, -0.25) is 0 Å². The van der Waals surface area contributed by atoms with Crippen LogP contribution in [0.5, 0.6) is 17.2 Å². The van der Waals surface area contributed by atoms with Crippen LogP contribution >= 0.6 is 0 Å². The Bertz CT molecular complexity index is 1900. The van der Waals surface area contributed by atoms with E-state index in [4.69, 9.17) is 37.4 Å². The average Bonchev–Trinajstić information content (AvgIpc) is 3.35. The highest BCUT2D eigenvalue weighted by Gasteiger charge is 2.15. The second-order valence-electron chi connectivity index (χ2n) is 7.80. The maximum Gasteiger partial charge on any atom is 0.203 e. The van der Waals surface area contributed by atoms with E-state index < -0.39 is 17.1 Å². The molecule has 12 nitrogen and oxygen atoms in total. The molecular formula is C28H15N9O3. The molecule has 0 saturated carbocycles. The molecule has 1 aromatic heterocycles. The summed E-state index contributed by atoms with van der Waals surface area (Å²) in [5, 5.41) is 76.1. The Kier molecular flexibility index (Phi) is 8.06. The fourth-order valence-corrected chi connectivity index (χ4v) is 3.41. The van der Waals surface area contributed by atoms with Crippen molar-refractivity contribution in [2.75, 3.05) is 0 Å². The van der Waals surface area contributed by atoms with E-state index in [2.05, 4.69) is 0 Å². The van der Waals surface area contributed by atoms with Gasteiger partial charge in [-0.05, 0) is 53.6 Å². The van der Waals surface area contributed by atoms with Crippen LogP contribution in [0.2, 0.25) is 0 Å². The number of hydrogen-bond acceptors (Lipinski definition) is 11. The average molecular weight is 525 g/mol. The Balaban J connectivity index is 2.03. The summed E-state index contributed by atoms with van der Waals surface area (Å²) in [7, 11) is 0. The number of fused-ring (bicyclic) bond motifs is 1. The van der Waals surface area contributed by atoms with E-state index in [1.54, 1.807) is 54.6 Å². The molecule has 0 aliphatic heterocycles. The third-order valence-electron chi connectivity index (χ3n) is 5.38. The highest BCUT2D eigenvalue weighted by atomic mass is 16.7. The van der Waals surface area contributed by atoms with Gasteiger partial charge in [0, 0.05) is 11.6 Å². The smallest absolute Gasteiger partial charge is 0.203 e. The van der Waals surface area contributed by atoms with Crippen LogP contribution < -0.4 is 16.3 Å². The first-order valence-corrected chi connectivity index (χ1v) is 10.9. The second-order valence-corrected chi connectivity index (χ2v) is 7.80. The Morgan fingerprint density at radius 2 is 1.27 bits per heavy atom. The number of allylic oxidation sites excluding steroid dienone is 4. The van der Waals surface area contributed by atoms with Gasteiger partial charge in [-0.1, -0.05) is 6.07 Å². The molecule has 0 radical (unpaired) electrons. The van der Waals surface area contributed by atoms with Crippen molar-refractivity contribution in [2.45, 2.75) is 0 Å². The van der Waals surface area contributed by atoms with Crippen molar-refractivity contribution in [3.8, 4) is 53.7 Å². The van der Waals surface area contributed by atoms with Crippen LogP contribution in [-0.4, -0.2) is 14.9 Å². The lowest BCUT2D eigenvalue weighted by Gasteiger charge is -2.12. The molecule has 0 spiro atoms. The van der Waals surface area contributed by atoms with Crippen molar-refractivity contribution in [1.82, 2.24) is 4.73 Å². The first-order chi connectivity index (χ1) is 19.2. The summed E-state index contributed by atoms with van der Waals surface area (Å²) in [4.78, 5) is 5.77. The molecule has 0 bridgehead atoms. The normalized spacial score (nSPS) is 10.6. The van der Waals surface area contributed by atoms with Gasteiger partial charge in [-0.25, -0.2) is 0 Å². The minimum absolute atomic E-state index is 0.0673. The molecule has 0 unspecified atom stereocenters. The van der Waals surface area contributed by atoms with Gasteiger partial charge in [0.25, 0.3) is 0 Å². The highest BCUT2D eigenvalue weighted by Crippen LogP contribution is 2.38. The number of nitriles is 6. The van der Waals surface area contributed by atoms with Crippen LogP contribution in [0, 0.1) is 68.0 Å². The number of nitrogens with zero attached hydrogens (tertiary/aromatic N) is 7. The predicted octanol–water partition coefficient (Wildman–Crippen LogP) is 3.23. The predicted molar refractivity (Wildman–Crippen MR) is 140 cm³/mol. The van der Waals surface area contributed by atoms with Gasteiger partial charge in [0.1, 0.15) is 36.4 Å². The zero-order chi connectivity index (χ0) is 29.4. The van der Waals surface area contributed by atoms with Gasteiger partial charge in [0.15, 0.2) is 16.9 Å². The summed E-state index contributed by atoms with van der Waals surface area (Å²) in [5.74, 6) is -1.36. The van der Waals surface area contributed by atoms with Crippen LogP contribution in [-0.2, 0) is 0 Å². The van der Waals surface area contributed by atoms with E-state index in [0.29, 0.717) is 16.5 Å². The lowest BCUT2D eigenvalue weighted by atomic mass is 10.1. The van der Waals surface area contributed by atoms with Gasteiger partial charge < -0.3 is 26.5 Å². The molecule has 40 heavy (non-hydrogen) atoms. The Hall–Kier alpha value is -7.12. The lowest BCUT2D eigenvalue weighted by molar-refractivity contribution is 0.216. The molecule has 1 heterocycles. The van der Waals surface area contributed by atoms with E-state index in [-0.39, 0.29) is 39.4 Å². The fourth-order valence-electron chi connectivity index (χ4n) is 3.41. The molecule has 0 aliphatic carbocycles. The molecule has 12 heteroatoms. The van der Waals surface area contributed by atoms with Crippen molar-refractivity contribution in [3.05, 3.63) is 87.4 Å². The molecule has 0 amide bonds. The number of hydrogen-bond donors (Lipinski definition) is 4. The van der Waals surface area contributed by atoms with E-state index >= 15 is 0 Å². The number of rotatable bonds is 6. The minimum atomic E-state index is -0.595. The maximum atomic E-state index is 10.4. The van der Waals surface area contributed by atoms with Crippen molar-refractivity contribution in [1.29, 1.82) is 31.6 Å². The summed E-state index contributed by atoms with van der Waals surface area (Å²) >= 11 is 0. The van der Waals surface area contributed by atoms with Crippen LogP contribution in [0.15, 0.2) is 76.3 Å². The van der Waals surface area contributed by atoms with Gasteiger partial charge in [-0.15, -0.1) is 0 Å². The van der Waals surface area contributed by atoms with Crippen LogP contribution in [0.3, 0.4) is 0 Å². The maximum absolute atomic E-state index is 10.4. The molecule has 0 fully saturated rings. The zero-order valence-electron chi connectivity index (χ0n) is 20.3. The molecule has 3 aromatic rings. The zero-order valence-corrected chi connectivity index (χ0v) is 20.3. The summed E-state index contributed by atoms with van der Waals surface area (Å²) < 4.78 is 1.29. The monoisotopic (exact) mass is 525 g/mol. The number of phenolic OH excluding ortho intramolecular Hbond substituents is 2. The van der Waals surface area contributed by atoms with Crippen LogP contribution in [0.25, 0.3) is 23.1 Å². The third kappa shape index (κ3) is 5.49. The molecular weight excluding hydrogens is 510 g/mol. The summed E-state index contributed by atoms with van der Waals surface area (Å²) in [6.45, 7) is 0. The third-order valence-corrected chi connectivity index (χ3v) is 5.38. The van der Waals surface area contributed by atoms with E-state index in [1.807, 2.05) is 6.07 Å². The lowest BCUT2D eigenvalue weighted by Crippen LogP contribution is -2.05. The topological polar surface area (TPSA) is 249 Å². The number of phenols is 2. The van der Waals surface area contributed by atoms with Crippen LogP contribution in [0.1, 0.15) is 11.1 Å². The highest BCUT2D eigenvalue weighted by molar-refractivity contribution is 5.83. The second kappa shape index (κ2) is 11.7. The first kappa shape index (κ1) is 27.5. The first-order valence-electron chi connectivity index (χ1n) is 10.9. The molecule has 6 N–H and O–H groups in total. The fraction of sp³-hybridized carbons (Fsp3) is 0. The number of aromatic hydroxyl groups is 2. The van der Waals surface area contributed by atoms with Crippen molar-refractivity contribution in [3.63, 3.8) is 0 Å². The van der Waals surface area contributed by atoms with E-state index in [1.165, 1.54) is 29.1 Å². The largest absolute Gasteiger partial charge is 0.504 e. The van der Waals surface area contributed by atoms with Gasteiger partial charge >= 0.3 is 0 Å². The summed E-state index contributed by atoms with van der Waals surface area (Å²) in [6, 6.07) is 19.2. The van der Waals surface area contributed by atoms with Gasteiger partial charge in [0.2, 0.25) is 11.5 Å². The SMILES string of the molecule is N#CC(C#N)=C(N)/C(C#N)=C/c1cc(O)c(O)c(On2ccc3cc(/C=C(/C#N)C(N)=C(C#N)C#N)ccc32)c1. The van der Waals surface area contributed by atoms with Gasteiger partial charge in [-0.2, -0.15) is 36.3 Å². The standard InChI is InChI=1S/C28H15N9O3/c29-10-19(26(35)21(12-31)13-32)6-16-1-2-23-18(5-16)3-4-37(23)40-25-9-17(8-24(38)28(25)39)7-20(11-30)27(36)22(14-33)15-34/h1-9,38-39H,35-36H2/b19-6-,20-7+. The summed E-state index contributed by atoms with van der Waals surface area (Å²) in [5.41, 5.74) is 11.0. The Morgan fingerprint density at radius 1 is 0.725 bits per heavy atom. The Labute approximate surface area is 227 Å². The Morgan fingerprint density at radius 3 is 1.80 bits per heavy atom. The quantitative estimate of drug-likeness (QED) is 0.206. The molecule has 2 aromatic carbocycles. The minimum Gasteiger partial charge on any atom is -0.504 e. The number of aromatic nitrogens is 1. The van der Waals surface area contributed by atoms with Gasteiger partial charge in [0.05, 0.1) is 28.1 Å². The molecule has 0 atom stereocenters. The number of nitrogens with two attached hydrogens (primary N) is 2. The number of benzene rings is 2. The van der Waals surface area contributed by atoms with Crippen molar-refractivity contribution < 1.29 is 15.1 Å². The summed E-state index contributed by atoms with van der Waals surface area (Å²) in [6.07, 6.45) is 4.14. The molecule has 3 rings (SSSR count). The molecule has 0 saturated heterocycles. The molecule has 190 valence electrons. The van der Waals surface area contributed by atoms with Crippen molar-refractivity contribution in [2.24, 2.45) is 11.5 Å². The van der Waals surface area contributed by atoms with E-state index in [0.717, 1.165) is 6.07 Å². The van der Waals surface area contributed by atoms with Crippen LogP contribution in [0.4, 0.5) is 0 Å². The van der Waals surface area contributed by atoms with E-state index in [9.17, 15) is 20.7 Å². The molecule has 0 aliphatic rings. The van der Waals surface area contributed by atoms with Crippen molar-refractivity contribution >= 4 is 23.1 Å².